The second-order valence-corrected chi connectivity index (χ2v) is 5.56. The molecule has 0 amide bonds. The summed E-state index contributed by atoms with van der Waals surface area (Å²) in [5.41, 5.74) is 1.06. The van der Waals surface area contributed by atoms with E-state index in [1.165, 1.54) is 5.56 Å². The van der Waals surface area contributed by atoms with Crippen LogP contribution in [0, 0.1) is 0 Å². The summed E-state index contributed by atoms with van der Waals surface area (Å²) in [5.74, 6) is 1.51. The van der Waals surface area contributed by atoms with E-state index in [9.17, 15) is 0 Å². The van der Waals surface area contributed by atoms with Crippen molar-refractivity contribution in [3.8, 4) is 0 Å². The van der Waals surface area contributed by atoms with Crippen LogP contribution in [-0.2, 0) is 11.8 Å². The molecule has 2 aromatic rings. The van der Waals surface area contributed by atoms with Crippen molar-refractivity contribution in [1.82, 2.24) is 15.5 Å². The number of aromatic nitrogens is 2. The van der Waals surface area contributed by atoms with Crippen molar-refractivity contribution in [2.24, 2.45) is 0 Å². The summed E-state index contributed by atoms with van der Waals surface area (Å²) in [6, 6.07) is 10.8. The molecule has 1 atom stereocenters. The van der Waals surface area contributed by atoms with Crippen molar-refractivity contribution >= 4 is 12.4 Å². The van der Waals surface area contributed by atoms with Gasteiger partial charge in [0.1, 0.15) is 0 Å². The Morgan fingerprint density at radius 1 is 1.18 bits per heavy atom. The van der Waals surface area contributed by atoms with Gasteiger partial charge in [-0.2, -0.15) is 4.98 Å². The van der Waals surface area contributed by atoms with Gasteiger partial charge in [-0.25, -0.2) is 0 Å². The number of halogens is 1. The lowest BCUT2D eigenvalue weighted by Crippen LogP contribution is -2.27. The maximum absolute atomic E-state index is 5.62. The Morgan fingerprint density at radius 3 is 2.36 bits per heavy atom. The van der Waals surface area contributed by atoms with Crippen molar-refractivity contribution in [2.75, 3.05) is 7.05 Å². The zero-order chi connectivity index (χ0) is 15.3. The summed E-state index contributed by atoms with van der Waals surface area (Å²) in [5, 5.41) is 7.36. The van der Waals surface area contributed by atoms with Crippen molar-refractivity contribution < 1.29 is 4.52 Å². The first-order valence-electron chi connectivity index (χ1n) is 7.72. The summed E-state index contributed by atoms with van der Waals surface area (Å²) >= 11 is 0. The molecule has 0 aliphatic heterocycles. The van der Waals surface area contributed by atoms with E-state index in [1.54, 1.807) is 0 Å². The maximum Gasteiger partial charge on any atom is 0.237 e. The molecule has 1 aromatic carbocycles. The molecule has 22 heavy (non-hydrogen) atoms. The van der Waals surface area contributed by atoms with Gasteiger partial charge in [0.2, 0.25) is 5.89 Å². The molecule has 0 aliphatic carbocycles. The highest BCUT2D eigenvalue weighted by Crippen LogP contribution is 2.37. The van der Waals surface area contributed by atoms with Crippen molar-refractivity contribution in [1.29, 1.82) is 0 Å². The number of likely N-dealkylation sites (N-methyl/N-ethyl adjacent to an activating group) is 1. The SMILES string of the molecule is CCC(CC)(c1ccccc1)c1nc(CC(C)NC)no1.Cl. The third kappa shape index (κ3) is 3.68. The van der Waals surface area contributed by atoms with Gasteiger partial charge in [0.15, 0.2) is 5.82 Å². The van der Waals surface area contributed by atoms with Crippen LogP contribution in [0.5, 0.6) is 0 Å². The van der Waals surface area contributed by atoms with Crippen LogP contribution in [0.4, 0.5) is 0 Å². The lowest BCUT2D eigenvalue weighted by molar-refractivity contribution is 0.294. The Hall–Kier alpha value is -1.39. The van der Waals surface area contributed by atoms with E-state index in [-0.39, 0.29) is 17.8 Å². The molecule has 0 radical (unpaired) electrons. The predicted octanol–water partition coefficient (Wildman–Crippen LogP) is 3.75. The van der Waals surface area contributed by atoms with Crippen LogP contribution in [-0.4, -0.2) is 23.2 Å². The molecule has 0 bridgehead atoms. The minimum Gasteiger partial charge on any atom is -0.338 e. The second kappa shape index (κ2) is 8.30. The molecule has 0 fully saturated rings. The normalized spacial score (nSPS) is 12.7. The highest BCUT2D eigenvalue weighted by atomic mass is 35.5. The molecule has 1 N–H and O–H groups in total. The summed E-state index contributed by atoms with van der Waals surface area (Å²) in [4.78, 5) is 4.67. The average molecular weight is 324 g/mol. The molecule has 1 heterocycles. The first-order chi connectivity index (χ1) is 10.2. The van der Waals surface area contributed by atoms with Gasteiger partial charge >= 0.3 is 0 Å². The van der Waals surface area contributed by atoms with Gasteiger partial charge in [0.25, 0.3) is 0 Å². The number of benzene rings is 1. The van der Waals surface area contributed by atoms with E-state index in [0.29, 0.717) is 6.04 Å². The maximum atomic E-state index is 5.62. The van der Waals surface area contributed by atoms with Gasteiger partial charge in [-0.1, -0.05) is 49.3 Å². The predicted molar refractivity (Wildman–Crippen MR) is 91.6 cm³/mol. The smallest absolute Gasteiger partial charge is 0.237 e. The topological polar surface area (TPSA) is 51.0 Å². The minimum atomic E-state index is -0.185. The Labute approximate surface area is 139 Å². The molecule has 5 heteroatoms. The quantitative estimate of drug-likeness (QED) is 0.843. The summed E-state index contributed by atoms with van der Waals surface area (Å²) in [6.07, 6.45) is 2.66. The fraction of sp³-hybridized carbons (Fsp3) is 0.529. The highest BCUT2D eigenvalue weighted by Gasteiger charge is 2.36. The zero-order valence-electron chi connectivity index (χ0n) is 13.8. The minimum absolute atomic E-state index is 0. The fourth-order valence-corrected chi connectivity index (χ4v) is 2.75. The first kappa shape index (κ1) is 18.7. The molecule has 1 aromatic heterocycles. The number of hydrogen-bond acceptors (Lipinski definition) is 4. The third-order valence-corrected chi connectivity index (χ3v) is 4.39. The fourth-order valence-electron chi connectivity index (χ4n) is 2.75. The van der Waals surface area contributed by atoms with Gasteiger partial charge in [-0.05, 0) is 32.4 Å². The van der Waals surface area contributed by atoms with E-state index in [1.807, 2.05) is 13.1 Å². The van der Waals surface area contributed by atoms with Gasteiger partial charge in [-0.3, -0.25) is 0 Å². The van der Waals surface area contributed by atoms with E-state index in [2.05, 4.69) is 60.5 Å². The standard InChI is InChI=1S/C17H25N3O.ClH/c1-5-17(6-2,14-10-8-7-9-11-14)16-19-15(20-21-16)12-13(3)18-4;/h7-11,13,18H,5-6,12H2,1-4H3;1H. The molecule has 1 unspecified atom stereocenters. The monoisotopic (exact) mass is 323 g/mol. The van der Waals surface area contributed by atoms with Crippen LogP contribution in [0.25, 0.3) is 0 Å². The Morgan fingerprint density at radius 2 is 1.82 bits per heavy atom. The van der Waals surface area contributed by atoms with Gasteiger partial charge < -0.3 is 9.84 Å². The Balaban J connectivity index is 0.00000242. The number of nitrogens with one attached hydrogen (secondary N) is 1. The number of rotatable bonds is 7. The van der Waals surface area contributed by atoms with E-state index >= 15 is 0 Å². The molecule has 2 rings (SSSR count). The molecule has 0 saturated heterocycles. The Kier molecular flexibility index (Phi) is 7.04. The van der Waals surface area contributed by atoms with Gasteiger partial charge in [0, 0.05) is 12.5 Å². The number of nitrogens with zero attached hydrogens (tertiary/aromatic N) is 2. The Bertz CT molecular complexity index is 552. The van der Waals surface area contributed by atoms with Crippen LogP contribution < -0.4 is 5.32 Å². The van der Waals surface area contributed by atoms with E-state index in [4.69, 9.17) is 4.52 Å². The summed E-state index contributed by atoms with van der Waals surface area (Å²) in [7, 11) is 1.94. The van der Waals surface area contributed by atoms with Gasteiger partial charge in [0.05, 0.1) is 5.41 Å². The van der Waals surface area contributed by atoms with Crippen LogP contribution in [0.15, 0.2) is 34.9 Å². The van der Waals surface area contributed by atoms with Crippen LogP contribution in [0.3, 0.4) is 0 Å². The molecule has 0 saturated carbocycles. The summed E-state index contributed by atoms with van der Waals surface area (Å²) in [6.45, 7) is 6.47. The average Bonchev–Trinajstić information content (AvgIpc) is 2.99. The second-order valence-electron chi connectivity index (χ2n) is 5.56. The largest absolute Gasteiger partial charge is 0.338 e. The van der Waals surface area contributed by atoms with Crippen molar-refractivity contribution in [3.63, 3.8) is 0 Å². The third-order valence-electron chi connectivity index (χ3n) is 4.39. The first-order valence-corrected chi connectivity index (χ1v) is 7.72. The van der Waals surface area contributed by atoms with E-state index < -0.39 is 0 Å². The highest BCUT2D eigenvalue weighted by molar-refractivity contribution is 5.85. The molecular formula is C17H26ClN3O. The van der Waals surface area contributed by atoms with Crippen molar-refractivity contribution in [2.45, 2.75) is 51.5 Å². The van der Waals surface area contributed by atoms with E-state index in [0.717, 1.165) is 31.0 Å². The molecule has 4 nitrogen and oxygen atoms in total. The molecule has 0 aliphatic rings. The van der Waals surface area contributed by atoms with Crippen LogP contribution in [0.2, 0.25) is 0 Å². The van der Waals surface area contributed by atoms with Gasteiger partial charge in [-0.15, -0.1) is 12.4 Å². The lowest BCUT2D eigenvalue weighted by atomic mass is 9.75. The lowest BCUT2D eigenvalue weighted by Gasteiger charge is -2.28. The molecule has 122 valence electrons. The molecule has 0 spiro atoms. The van der Waals surface area contributed by atoms with Crippen LogP contribution >= 0.6 is 12.4 Å². The zero-order valence-corrected chi connectivity index (χ0v) is 14.6. The summed E-state index contributed by atoms with van der Waals surface area (Å²) < 4.78 is 5.62. The van der Waals surface area contributed by atoms with Crippen molar-refractivity contribution in [3.05, 3.63) is 47.6 Å². The number of hydrogen-bond donors (Lipinski definition) is 1. The molecular weight excluding hydrogens is 298 g/mol. The van der Waals surface area contributed by atoms with Crippen LogP contribution in [0.1, 0.15) is 50.9 Å².